The Kier molecular flexibility index (Phi) is 5.35. The number of halogens is 1. The molecule has 0 fully saturated rings. The first kappa shape index (κ1) is 16.3. The van der Waals surface area contributed by atoms with Gasteiger partial charge in [-0.15, -0.1) is 0 Å². The first-order valence-electron chi connectivity index (χ1n) is 6.74. The summed E-state index contributed by atoms with van der Waals surface area (Å²) >= 11 is 6.13. The zero-order chi connectivity index (χ0) is 16.1. The highest BCUT2D eigenvalue weighted by Gasteiger charge is 2.11. The van der Waals surface area contributed by atoms with Crippen molar-refractivity contribution in [1.82, 2.24) is 4.90 Å². The van der Waals surface area contributed by atoms with Gasteiger partial charge in [-0.05, 0) is 36.4 Å². The molecule has 6 heteroatoms. The first-order valence-corrected chi connectivity index (χ1v) is 7.11. The van der Waals surface area contributed by atoms with Crippen molar-refractivity contribution in [2.24, 2.45) is 0 Å². The molecule has 116 valence electrons. The molecule has 22 heavy (non-hydrogen) atoms. The molecule has 0 saturated carbocycles. The molecule has 0 aliphatic carbocycles. The Morgan fingerprint density at radius 3 is 2.68 bits per heavy atom. The second-order valence-electron chi connectivity index (χ2n) is 5.06. The van der Waals surface area contributed by atoms with Crippen LogP contribution in [-0.2, 0) is 13.1 Å². The highest BCUT2D eigenvalue weighted by molar-refractivity contribution is 6.31. The van der Waals surface area contributed by atoms with Crippen molar-refractivity contribution in [3.63, 3.8) is 0 Å². The summed E-state index contributed by atoms with van der Waals surface area (Å²) in [5.41, 5.74) is 1.89. The van der Waals surface area contributed by atoms with Gasteiger partial charge in [-0.25, -0.2) is 0 Å². The van der Waals surface area contributed by atoms with Gasteiger partial charge in [-0.2, -0.15) is 0 Å². The highest BCUT2D eigenvalue weighted by atomic mass is 35.5. The molecule has 0 radical (unpaired) electrons. The van der Waals surface area contributed by atoms with E-state index in [2.05, 4.69) is 0 Å². The van der Waals surface area contributed by atoms with Crippen molar-refractivity contribution >= 4 is 17.3 Å². The van der Waals surface area contributed by atoms with Crippen LogP contribution in [0, 0.1) is 10.1 Å². The Labute approximate surface area is 134 Å². The number of nitrogens with zero attached hydrogens (tertiary/aromatic N) is 2. The SMILES string of the molecule is COc1cccc(CN(C)Cc2cc([N+](=O)[O-])ccc2Cl)c1. The summed E-state index contributed by atoms with van der Waals surface area (Å²) in [5, 5.41) is 11.4. The third-order valence-electron chi connectivity index (χ3n) is 3.27. The fraction of sp³-hybridized carbons (Fsp3) is 0.250. The molecule has 0 bridgehead atoms. The molecule has 0 atom stereocenters. The number of nitro groups is 1. The minimum atomic E-state index is -0.415. The molecular formula is C16H17ClN2O3. The summed E-state index contributed by atoms with van der Waals surface area (Å²) in [6, 6.07) is 12.3. The Hall–Kier alpha value is -2.11. The molecule has 0 spiro atoms. The van der Waals surface area contributed by atoms with Crippen LogP contribution in [0.15, 0.2) is 42.5 Å². The molecule has 0 saturated heterocycles. The predicted octanol–water partition coefficient (Wildman–Crippen LogP) is 3.89. The fourth-order valence-corrected chi connectivity index (χ4v) is 2.40. The third-order valence-corrected chi connectivity index (χ3v) is 3.64. The number of rotatable bonds is 6. The van der Waals surface area contributed by atoms with Crippen molar-refractivity contribution in [2.45, 2.75) is 13.1 Å². The van der Waals surface area contributed by atoms with Crippen LogP contribution in [0.5, 0.6) is 5.75 Å². The Morgan fingerprint density at radius 2 is 2.00 bits per heavy atom. The molecular weight excluding hydrogens is 304 g/mol. The van der Waals surface area contributed by atoms with Gasteiger partial charge in [0.1, 0.15) is 5.75 Å². The summed E-state index contributed by atoms with van der Waals surface area (Å²) in [6.45, 7) is 1.22. The summed E-state index contributed by atoms with van der Waals surface area (Å²) in [4.78, 5) is 12.5. The van der Waals surface area contributed by atoms with Gasteiger partial charge in [0.2, 0.25) is 0 Å². The van der Waals surface area contributed by atoms with Crippen LogP contribution in [0.25, 0.3) is 0 Å². The van der Waals surface area contributed by atoms with E-state index >= 15 is 0 Å². The number of nitro benzene ring substituents is 1. The summed E-state index contributed by atoms with van der Waals surface area (Å²) < 4.78 is 5.20. The van der Waals surface area contributed by atoms with E-state index in [0.29, 0.717) is 18.1 Å². The van der Waals surface area contributed by atoms with E-state index in [9.17, 15) is 10.1 Å². The van der Waals surface area contributed by atoms with E-state index in [1.54, 1.807) is 13.2 Å². The number of non-ortho nitro benzene ring substituents is 1. The van der Waals surface area contributed by atoms with Crippen LogP contribution in [0.1, 0.15) is 11.1 Å². The average molecular weight is 321 g/mol. The Balaban J connectivity index is 2.09. The fourth-order valence-electron chi connectivity index (χ4n) is 2.23. The minimum Gasteiger partial charge on any atom is -0.497 e. The molecule has 0 aliphatic heterocycles. The van der Waals surface area contributed by atoms with Gasteiger partial charge >= 0.3 is 0 Å². The maximum Gasteiger partial charge on any atom is 0.269 e. The Morgan fingerprint density at radius 1 is 1.23 bits per heavy atom. The summed E-state index contributed by atoms with van der Waals surface area (Å²) in [5.74, 6) is 0.805. The van der Waals surface area contributed by atoms with E-state index in [-0.39, 0.29) is 5.69 Å². The molecule has 2 rings (SSSR count). The average Bonchev–Trinajstić information content (AvgIpc) is 2.49. The largest absolute Gasteiger partial charge is 0.497 e. The molecule has 0 heterocycles. The molecule has 0 N–H and O–H groups in total. The van der Waals surface area contributed by atoms with Crippen LogP contribution >= 0.6 is 11.6 Å². The van der Waals surface area contributed by atoms with Crippen molar-refractivity contribution in [3.05, 3.63) is 68.7 Å². The zero-order valence-corrected chi connectivity index (χ0v) is 13.2. The lowest BCUT2D eigenvalue weighted by atomic mass is 10.1. The van der Waals surface area contributed by atoms with Gasteiger partial charge in [-0.1, -0.05) is 23.7 Å². The van der Waals surface area contributed by atoms with Gasteiger partial charge in [0.25, 0.3) is 5.69 Å². The second-order valence-corrected chi connectivity index (χ2v) is 5.46. The van der Waals surface area contributed by atoms with Crippen molar-refractivity contribution < 1.29 is 9.66 Å². The summed E-state index contributed by atoms with van der Waals surface area (Å²) in [7, 11) is 3.57. The van der Waals surface area contributed by atoms with Gasteiger partial charge in [0.15, 0.2) is 0 Å². The third kappa shape index (κ3) is 4.19. The lowest BCUT2D eigenvalue weighted by Gasteiger charge is -2.18. The van der Waals surface area contributed by atoms with E-state index in [0.717, 1.165) is 16.9 Å². The Bertz CT molecular complexity index is 676. The van der Waals surface area contributed by atoms with Gasteiger partial charge in [0, 0.05) is 30.2 Å². The number of methoxy groups -OCH3 is 1. The number of benzene rings is 2. The maximum absolute atomic E-state index is 10.8. The predicted molar refractivity (Wildman–Crippen MR) is 86.3 cm³/mol. The summed E-state index contributed by atoms with van der Waals surface area (Å²) in [6.07, 6.45) is 0. The normalized spacial score (nSPS) is 10.7. The molecule has 5 nitrogen and oxygen atoms in total. The van der Waals surface area contributed by atoms with Gasteiger partial charge in [0.05, 0.1) is 12.0 Å². The standard InChI is InChI=1S/C16H17ClN2O3/c1-18(10-12-4-3-5-15(8-12)22-2)11-13-9-14(19(20)21)6-7-16(13)17/h3-9H,10-11H2,1-2H3. The molecule has 2 aromatic carbocycles. The monoisotopic (exact) mass is 320 g/mol. The second kappa shape index (κ2) is 7.24. The van der Waals surface area contributed by atoms with Gasteiger partial charge in [-0.3, -0.25) is 15.0 Å². The van der Waals surface area contributed by atoms with Crippen LogP contribution in [0.4, 0.5) is 5.69 Å². The van der Waals surface area contributed by atoms with Crippen LogP contribution in [0.3, 0.4) is 0 Å². The molecule has 0 unspecified atom stereocenters. The smallest absolute Gasteiger partial charge is 0.269 e. The van der Waals surface area contributed by atoms with Crippen LogP contribution in [0.2, 0.25) is 5.02 Å². The van der Waals surface area contributed by atoms with E-state index in [1.807, 2.05) is 36.2 Å². The zero-order valence-electron chi connectivity index (χ0n) is 12.5. The first-order chi connectivity index (χ1) is 10.5. The minimum absolute atomic E-state index is 0.0502. The lowest BCUT2D eigenvalue weighted by Crippen LogP contribution is -2.17. The number of ether oxygens (including phenoxy) is 1. The lowest BCUT2D eigenvalue weighted by molar-refractivity contribution is -0.384. The van der Waals surface area contributed by atoms with Crippen molar-refractivity contribution in [2.75, 3.05) is 14.2 Å². The topological polar surface area (TPSA) is 55.6 Å². The maximum atomic E-state index is 10.8. The van der Waals surface area contributed by atoms with E-state index < -0.39 is 4.92 Å². The molecule has 0 aromatic heterocycles. The van der Waals surface area contributed by atoms with E-state index in [1.165, 1.54) is 12.1 Å². The molecule has 0 aliphatic rings. The van der Waals surface area contributed by atoms with Crippen LogP contribution < -0.4 is 4.74 Å². The number of hydrogen-bond donors (Lipinski definition) is 0. The number of hydrogen-bond acceptors (Lipinski definition) is 4. The van der Waals surface area contributed by atoms with E-state index in [4.69, 9.17) is 16.3 Å². The van der Waals surface area contributed by atoms with Crippen molar-refractivity contribution in [1.29, 1.82) is 0 Å². The molecule has 2 aromatic rings. The molecule has 0 amide bonds. The highest BCUT2D eigenvalue weighted by Crippen LogP contribution is 2.24. The van der Waals surface area contributed by atoms with Crippen molar-refractivity contribution in [3.8, 4) is 5.75 Å². The van der Waals surface area contributed by atoms with Crippen LogP contribution in [-0.4, -0.2) is 24.0 Å². The van der Waals surface area contributed by atoms with Gasteiger partial charge < -0.3 is 4.74 Å². The quantitative estimate of drug-likeness (QED) is 0.598.